The topological polar surface area (TPSA) is 41.1 Å². The van der Waals surface area contributed by atoms with E-state index in [9.17, 15) is 4.79 Å². The Morgan fingerprint density at radius 2 is 2.22 bits per heavy atom. The number of rotatable bonds is 6. The zero-order chi connectivity index (χ0) is 13.0. The van der Waals surface area contributed by atoms with Gasteiger partial charge in [0, 0.05) is 13.1 Å². The Labute approximate surface area is 109 Å². The summed E-state index contributed by atoms with van der Waals surface area (Å²) >= 11 is 0. The fraction of sp³-hybridized carbons (Fsp3) is 0.533. The highest BCUT2D eigenvalue weighted by atomic mass is 16.2. The summed E-state index contributed by atoms with van der Waals surface area (Å²) in [4.78, 5) is 11.6. The molecule has 3 nitrogen and oxygen atoms in total. The van der Waals surface area contributed by atoms with Crippen LogP contribution in [0.3, 0.4) is 0 Å². The first-order valence-electron chi connectivity index (χ1n) is 6.80. The average Bonchev–Trinajstić information content (AvgIpc) is 3.21. The van der Waals surface area contributed by atoms with Gasteiger partial charge in [-0.3, -0.25) is 4.79 Å². The zero-order valence-corrected chi connectivity index (χ0v) is 11.2. The molecule has 0 aromatic heterocycles. The summed E-state index contributed by atoms with van der Waals surface area (Å²) in [5.74, 6) is 0.849. The molecule has 18 heavy (non-hydrogen) atoms. The fourth-order valence-electron chi connectivity index (χ4n) is 2.06. The lowest BCUT2D eigenvalue weighted by Crippen LogP contribution is -2.41. The Balaban J connectivity index is 1.85. The summed E-state index contributed by atoms with van der Waals surface area (Å²) < 4.78 is 0. The van der Waals surface area contributed by atoms with Crippen LogP contribution in [0.15, 0.2) is 24.3 Å². The Morgan fingerprint density at radius 1 is 1.44 bits per heavy atom. The maximum Gasteiger partial charge on any atom is 0.236 e. The number of carbonyl (C=O) groups excluding carboxylic acids is 1. The molecule has 1 aromatic carbocycles. The van der Waals surface area contributed by atoms with Gasteiger partial charge in [-0.05, 0) is 43.7 Å². The summed E-state index contributed by atoms with van der Waals surface area (Å²) in [5.41, 5.74) is 2.70. The highest BCUT2D eigenvalue weighted by Gasteiger charge is 2.23. The van der Waals surface area contributed by atoms with Crippen molar-refractivity contribution in [1.29, 1.82) is 0 Å². The van der Waals surface area contributed by atoms with E-state index >= 15 is 0 Å². The zero-order valence-electron chi connectivity index (χ0n) is 11.2. The van der Waals surface area contributed by atoms with Crippen molar-refractivity contribution in [1.82, 2.24) is 10.6 Å². The van der Waals surface area contributed by atoms with E-state index in [0.29, 0.717) is 6.54 Å². The van der Waals surface area contributed by atoms with Gasteiger partial charge in [0.1, 0.15) is 0 Å². The second-order valence-electron chi connectivity index (χ2n) is 5.02. The average molecular weight is 246 g/mol. The van der Waals surface area contributed by atoms with Crippen molar-refractivity contribution in [2.45, 2.75) is 45.2 Å². The van der Waals surface area contributed by atoms with Crippen molar-refractivity contribution < 1.29 is 4.79 Å². The van der Waals surface area contributed by atoms with E-state index < -0.39 is 0 Å². The largest absolute Gasteiger partial charge is 0.355 e. The fourth-order valence-corrected chi connectivity index (χ4v) is 2.06. The maximum absolute atomic E-state index is 11.6. The molecule has 3 heteroatoms. The van der Waals surface area contributed by atoms with Crippen LogP contribution in [0, 0.1) is 0 Å². The molecule has 0 saturated heterocycles. The van der Waals surface area contributed by atoms with E-state index in [1.54, 1.807) is 0 Å². The van der Waals surface area contributed by atoms with Crippen molar-refractivity contribution in [2.75, 3.05) is 6.54 Å². The van der Waals surface area contributed by atoms with Gasteiger partial charge in [-0.25, -0.2) is 0 Å². The number of benzene rings is 1. The van der Waals surface area contributed by atoms with Gasteiger partial charge in [-0.15, -0.1) is 0 Å². The molecule has 1 unspecified atom stereocenters. The number of hydrogen-bond donors (Lipinski definition) is 2. The number of amides is 1. The molecular weight excluding hydrogens is 224 g/mol. The molecule has 0 spiro atoms. The molecule has 0 radical (unpaired) electrons. The summed E-state index contributed by atoms with van der Waals surface area (Å²) in [5, 5.41) is 6.08. The van der Waals surface area contributed by atoms with Gasteiger partial charge in [0.15, 0.2) is 0 Å². The molecule has 1 aliphatic carbocycles. The minimum atomic E-state index is -0.144. The van der Waals surface area contributed by atoms with E-state index in [0.717, 1.165) is 12.5 Å². The van der Waals surface area contributed by atoms with Gasteiger partial charge in [0.2, 0.25) is 5.91 Å². The second kappa shape index (κ2) is 6.01. The number of likely N-dealkylation sites (N-methyl/N-ethyl adjacent to an activating group) is 1. The first-order valence-corrected chi connectivity index (χ1v) is 6.80. The van der Waals surface area contributed by atoms with Gasteiger partial charge in [0.05, 0.1) is 6.04 Å². The van der Waals surface area contributed by atoms with Crippen LogP contribution in [0.1, 0.15) is 43.7 Å². The smallest absolute Gasteiger partial charge is 0.236 e. The van der Waals surface area contributed by atoms with Crippen molar-refractivity contribution in [3.8, 4) is 0 Å². The summed E-state index contributed by atoms with van der Waals surface area (Å²) in [7, 11) is 0. The standard InChI is InChI=1S/C15H22N2O/c1-3-16-15(18)11(2)17-10-12-5-4-6-14(9-12)13-7-8-13/h4-6,9,11,13,17H,3,7-8,10H2,1-2H3,(H,16,18). The van der Waals surface area contributed by atoms with E-state index in [4.69, 9.17) is 0 Å². The number of hydrogen-bond acceptors (Lipinski definition) is 2. The highest BCUT2D eigenvalue weighted by molar-refractivity contribution is 5.81. The van der Waals surface area contributed by atoms with Crippen LogP contribution in [0.25, 0.3) is 0 Å². The molecule has 0 aliphatic heterocycles. The van der Waals surface area contributed by atoms with E-state index in [2.05, 4.69) is 34.9 Å². The Bertz CT molecular complexity index is 413. The van der Waals surface area contributed by atoms with Crippen LogP contribution < -0.4 is 10.6 Å². The molecule has 1 fully saturated rings. The summed E-state index contributed by atoms with van der Waals surface area (Å²) in [6.45, 7) is 5.26. The quantitative estimate of drug-likeness (QED) is 0.807. The molecule has 1 aromatic rings. The SMILES string of the molecule is CCNC(=O)C(C)NCc1cccc(C2CC2)c1. The van der Waals surface area contributed by atoms with E-state index in [1.165, 1.54) is 24.0 Å². The van der Waals surface area contributed by atoms with Crippen molar-refractivity contribution in [2.24, 2.45) is 0 Å². The Kier molecular flexibility index (Phi) is 4.37. The molecule has 1 aliphatic rings. The van der Waals surface area contributed by atoms with Gasteiger partial charge in [-0.2, -0.15) is 0 Å². The predicted molar refractivity (Wildman–Crippen MR) is 73.4 cm³/mol. The second-order valence-corrected chi connectivity index (χ2v) is 5.02. The maximum atomic E-state index is 11.6. The number of nitrogens with one attached hydrogen (secondary N) is 2. The van der Waals surface area contributed by atoms with Gasteiger partial charge >= 0.3 is 0 Å². The Hall–Kier alpha value is -1.35. The van der Waals surface area contributed by atoms with Crippen LogP contribution in [0.4, 0.5) is 0 Å². The van der Waals surface area contributed by atoms with Crippen molar-refractivity contribution >= 4 is 5.91 Å². The van der Waals surface area contributed by atoms with Crippen molar-refractivity contribution in [3.63, 3.8) is 0 Å². The minimum absolute atomic E-state index is 0.0656. The number of carbonyl (C=O) groups is 1. The third-order valence-electron chi connectivity index (χ3n) is 3.36. The summed E-state index contributed by atoms with van der Waals surface area (Å²) in [6, 6.07) is 8.54. The van der Waals surface area contributed by atoms with Gasteiger partial charge in [0.25, 0.3) is 0 Å². The molecule has 0 bridgehead atoms. The first kappa shape index (κ1) is 13.1. The normalized spacial score (nSPS) is 16.3. The third kappa shape index (κ3) is 3.57. The first-order chi connectivity index (χ1) is 8.70. The van der Waals surface area contributed by atoms with Crippen LogP contribution in [0.5, 0.6) is 0 Å². The van der Waals surface area contributed by atoms with Crippen LogP contribution in [-0.2, 0) is 11.3 Å². The van der Waals surface area contributed by atoms with Crippen molar-refractivity contribution in [3.05, 3.63) is 35.4 Å². The molecule has 2 rings (SSSR count). The molecule has 98 valence electrons. The molecule has 0 heterocycles. The third-order valence-corrected chi connectivity index (χ3v) is 3.36. The predicted octanol–water partition coefficient (Wildman–Crippen LogP) is 2.18. The van der Waals surface area contributed by atoms with Crippen LogP contribution in [0.2, 0.25) is 0 Å². The molecular formula is C15H22N2O. The monoisotopic (exact) mass is 246 g/mol. The molecule has 1 saturated carbocycles. The minimum Gasteiger partial charge on any atom is -0.355 e. The Morgan fingerprint density at radius 3 is 2.89 bits per heavy atom. The molecule has 2 N–H and O–H groups in total. The van der Waals surface area contributed by atoms with Gasteiger partial charge < -0.3 is 10.6 Å². The molecule has 1 amide bonds. The van der Waals surface area contributed by atoms with Crippen LogP contribution >= 0.6 is 0 Å². The molecule has 1 atom stereocenters. The van der Waals surface area contributed by atoms with E-state index in [1.807, 2.05) is 13.8 Å². The van der Waals surface area contributed by atoms with E-state index in [-0.39, 0.29) is 11.9 Å². The lowest BCUT2D eigenvalue weighted by atomic mass is 10.1. The summed E-state index contributed by atoms with van der Waals surface area (Å²) in [6.07, 6.45) is 2.65. The highest BCUT2D eigenvalue weighted by Crippen LogP contribution is 2.40. The lowest BCUT2D eigenvalue weighted by Gasteiger charge is -2.13. The lowest BCUT2D eigenvalue weighted by molar-refractivity contribution is -0.122. The van der Waals surface area contributed by atoms with Gasteiger partial charge in [-0.1, -0.05) is 24.3 Å². The van der Waals surface area contributed by atoms with Crippen LogP contribution in [-0.4, -0.2) is 18.5 Å².